The first-order valence-corrected chi connectivity index (χ1v) is 9.41. The fourth-order valence-electron chi connectivity index (χ4n) is 3.48. The average molecular weight is 403 g/mol. The molecule has 0 radical (unpaired) electrons. The number of pyridine rings is 1. The van der Waals surface area contributed by atoms with Crippen molar-refractivity contribution in [1.29, 1.82) is 0 Å². The van der Waals surface area contributed by atoms with Crippen LogP contribution in [0.1, 0.15) is 32.8 Å². The average Bonchev–Trinajstić information content (AvgIpc) is 2.64. The van der Waals surface area contributed by atoms with Crippen LogP contribution < -0.4 is 20.1 Å². The number of rotatable bonds is 6. The first kappa shape index (κ1) is 20.9. The third-order valence-corrected chi connectivity index (χ3v) is 4.74. The number of fused-ring (bicyclic) bond motifs is 3. The fraction of sp³-hybridized carbons (Fsp3) is 0.429. The van der Waals surface area contributed by atoms with Crippen LogP contribution in [0.15, 0.2) is 24.4 Å². The summed E-state index contributed by atoms with van der Waals surface area (Å²) in [5, 5.41) is 9.17. The molecule has 2 aromatic rings. The van der Waals surface area contributed by atoms with Crippen molar-refractivity contribution in [3.8, 4) is 22.6 Å². The Hall–Kier alpha value is -2.87. The lowest BCUT2D eigenvalue weighted by Gasteiger charge is -2.27. The van der Waals surface area contributed by atoms with E-state index in [-0.39, 0.29) is 24.8 Å². The Bertz CT molecular complexity index is 930. The van der Waals surface area contributed by atoms with Crippen LogP contribution in [0.25, 0.3) is 11.1 Å². The summed E-state index contributed by atoms with van der Waals surface area (Å²) in [7, 11) is 1.40. The van der Waals surface area contributed by atoms with Gasteiger partial charge in [-0.05, 0) is 37.0 Å². The Kier molecular flexibility index (Phi) is 5.66. The zero-order valence-electron chi connectivity index (χ0n) is 17.0. The molecule has 0 bridgehead atoms. The van der Waals surface area contributed by atoms with Crippen molar-refractivity contribution in [2.75, 3.05) is 18.6 Å². The van der Waals surface area contributed by atoms with Crippen LogP contribution in [0.4, 0.5) is 15.0 Å². The molecule has 1 atom stereocenters. The van der Waals surface area contributed by atoms with Gasteiger partial charge in [-0.15, -0.1) is 0 Å². The van der Waals surface area contributed by atoms with E-state index in [0.29, 0.717) is 22.8 Å². The van der Waals surface area contributed by atoms with E-state index in [9.17, 15) is 9.18 Å². The predicted octanol–water partition coefficient (Wildman–Crippen LogP) is 4.04. The van der Waals surface area contributed by atoms with Gasteiger partial charge < -0.3 is 20.3 Å². The summed E-state index contributed by atoms with van der Waals surface area (Å²) in [5.41, 5.74) is 7.62. The van der Waals surface area contributed by atoms with Gasteiger partial charge in [0, 0.05) is 36.0 Å². The van der Waals surface area contributed by atoms with Crippen LogP contribution in [0, 0.1) is 11.7 Å². The van der Waals surface area contributed by atoms with Crippen molar-refractivity contribution in [2.45, 2.75) is 39.3 Å². The molecule has 1 aromatic carbocycles. The van der Waals surface area contributed by atoms with Crippen LogP contribution in [-0.4, -0.2) is 35.4 Å². The maximum absolute atomic E-state index is 14.8. The Morgan fingerprint density at radius 3 is 2.79 bits per heavy atom. The van der Waals surface area contributed by atoms with Crippen molar-refractivity contribution >= 4 is 11.9 Å². The number of nitrogens with two attached hydrogens (primary N) is 1. The minimum atomic E-state index is -1.13. The van der Waals surface area contributed by atoms with Crippen molar-refractivity contribution in [3.05, 3.63) is 35.8 Å². The van der Waals surface area contributed by atoms with Gasteiger partial charge >= 0.3 is 6.09 Å². The number of carbonyl (C=O) groups is 1. The molecule has 1 amide bonds. The normalized spacial score (nSPS) is 14.4. The largest absolute Gasteiger partial charge is 0.488 e. The summed E-state index contributed by atoms with van der Waals surface area (Å²) < 4.78 is 26.2. The highest BCUT2D eigenvalue weighted by Crippen LogP contribution is 2.41. The third-order valence-electron chi connectivity index (χ3n) is 4.74. The van der Waals surface area contributed by atoms with Gasteiger partial charge in [0.25, 0.3) is 0 Å². The molecule has 3 rings (SSSR count). The van der Waals surface area contributed by atoms with Crippen LogP contribution in [0.3, 0.4) is 0 Å². The fourth-order valence-corrected chi connectivity index (χ4v) is 3.48. The monoisotopic (exact) mass is 403 g/mol. The van der Waals surface area contributed by atoms with Crippen molar-refractivity contribution in [3.63, 3.8) is 0 Å². The summed E-state index contributed by atoms with van der Waals surface area (Å²) in [4.78, 5) is 16.3. The van der Waals surface area contributed by atoms with E-state index in [4.69, 9.17) is 20.3 Å². The lowest BCUT2D eigenvalue weighted by atomic mass is 9.93. The number of nitrogens with zero attached hydrogens (tertiary/aromatic N) is 2. The van der Waals surface area contributed by atoms with Crippen LogP contribution in [-0.2, 0) is 6.61 Å². The SMILES string of the molecule is CC(C)C[C@](C)(N)COc1cc2c(cc1F)-c1cc(N(C)C(=O)O)ncc1CO2. The standard InChI is InChI=1S/C21H26FN3O4/c1-12(2)8-21(3,23)11-29-18-7-17-15(5-16(18)22)14-6-19(25(4)20(26)27)24-9-13(14)10-28-17/h5-7,9,12H,8,10-11,23H2,1-4H3,(H,26,27)/t21-/m0/s1. The minimum absolute atomic E-state index is 0.0737. The van der Waals surface area contributed by atoms with E-state index >= 15 is 0 Å². The second-order valence-electron chi connectivity index (χ2n) is 8.15. The zero-order valence-corrected chi connectivity index (χ0v) is 17.0. The van der Waals surface area contributed by atoms with E-state index in [0.717, 1.165) is 16.9 Å². The van der Waals surface area contributed by atoms with Gasteiger partial charge in [-0.1, -0.05) is 13.8 Å². The molecule has 1 aromatic heterocycles. The predicted molar refractivity (Wildman–Crippen MR) is 108 cm³/mol. The molecular formula is C21H26FN3O4. The van der Waals surface area contributed by atoms with E-state index in [2.05, 4.69) is 18.8 Å². The van der Waals surface area contributed by atoms with E-state index < -0.39 is 17.4 Å². The van der Waals surface area contributed by atoms with Gasteiger partial charge in [0.1, 0.15) is 24.8 Å². The molecule has 2 heterocycles. The molecule has 7 nitrogen and oxygen atoms in total. The molecule has 1 aliphatic rings. The molecule has 0 saturated carbocycles. The van der Waals surface area contributed by atoms with E-state index in [1.807, 2.05) is 6.92 Å². The van der Waals surface area contributed by atoms with Gasteiger partial charge in [0.05, 0.1) is 0 Å². The Morgan fingerprint density at radius 1 is 1.41 bits per heavy atom. The third kappa shape index (κ3) is 4.59. The maximum Gasteiger partial charge on any atom is 0.412 e. The van der Waals surface area contributed by atoms with Crippen molar-refractivity contribution in [2.24, 2.45) is 11.7 Å². The van der Waals surface area contributed by atoms with E-state index in [1.165, 1.54) is 19.2 Å². The van der Waals surface area contributed by atoms with Gasteiger partial charge in [0.2, 0.25) is 0 Å². The van der Waals surface area contributed by atoms with Crippen molar-refractivity contribution in [1.82, 2.24) is 4.98 Å². The quantitative estimate of drug-likeness (QED) is 0.756. The maximum atomic E-state index is 14.8. The smallest absolute Gasteiger partial charge is 0.412 e. The molecule has 8 heteroatoms. The Balaban J connectivity index is 1.90. The van der Waals surface area contributed by atoms with Crippen LogP contribution in [0.5, 0.6) is 11.5 Å². The highest BCUT2D eigenvalue weighted by atomic mass is 19.1. The highest BCUT2D eigenvalue weighted by molar-refractivity contribution is 5.86. The highest BCUT2D eigenvalue weighted by Gasteiger charge is 2.25. The number of anilines is 1. The first-order chi connectivity index (χ1) is 13.6. The Morgan fingerprint density at radius 2 is 2.14 bits per heavy atom. The molecule has 0 spiro atoms. The van der Waals surface area contributed by atoms with Gasteiger partial charge in [0.15, 0.2) is 11.6 Å². The molecule has 0 aliphatic carbocycles. The second-order valence-corrected chi connectivity index (χ2v) is 8.15. The number of benzene rings is 1. The van der Waals surface area contributed by atoms with Crippen LogP contribution in [0.2, 0.25) is 0 Å². The van der Waals surface area contributed by atoms with Gasteiger partial charge in [-0.25, -0.2) is 14.2 Å². The number of hydrogen-bond acceptors (Lipinski definition) is 5. The molecule has 1 aliphatic heterocycles. The first-order valence-electron chi connectivity index (χ1n) is 9.41. The second kappa shape index (κ2) is 7.87. The van der Waals surface area contributed by atoms with Gasteiger partial charge in [-0.3, -0.25) is 4.90 Å². The molecule has 0 saturated heterocycles. The minimum Gasteiger partial charge on any atom is -0.488 e. The summed E-state index contributed by atoms with van der Waals surface area (Å²) in [6.07, 6.45) is 1.16. The van der Waals surface area contributed by atoms with Gasteiger partial charge in [-0.2, -0.15) is 0 Å². The molecule has 0 unspecified atom stereocenters. The molecular weight excluding hydrogens is 377 g/mol. The number of amides is 1. The van der Waals surface area contributed by atoms with Crippen LogP contribution >= 0.6 is 0 Å². The number of aromatic nitrogens is 1. The number of hydrogen-bond donors (Lipinski definition) is 2. The topological polar surface area (TPSA) is 97.9 Å². The molecule has 3 N–H and O–H groups in total. The number of halogens is 1. The molecule has 0 fully saturated rings. The van der Waals surface area contributed by atoms with Crippen molar-refractivity contribution < 1.29 is 23.8 Å². The molecule has 29 heavy (non-hydrogen) atoms. The Labute approximate surface area is 169 Å². The number of carboxylic acid groups (broad SMARTS) is 1. The van der Waals surface area contributed by atoms with E-state index in [1.54, 1.807) is 12.3 Å². The number of ether oxygens (including phenoxy) is 2. The molecule has 156 valence electrons. The zero-order chi connectivity index (χ0) is 21.3. The summed E-state index contributed by atoms with van der Waals surface area (Å²) >= 11 is 0. The lowest BCUT2D eigenvalue weighted by Crippen LogP contribution is -2.43. The summed E-state index contributed by atoms with van der Waals surface area (Å²) in [5.74, 6) is 0.646. The lowest BCUT2D eigenvalue weighted by molar-refractivity contribution is 0.199. The summed E-state index contributed by atoms with van der Waals surface area (Å²) in [6.45, 7) is 6.44. The summed E-state index contributed by atoms with van der Waals surface area (Å²) in [6, 6.07) is 4.47.